The van der Waals surface area contributed by atoms with Gasteiger partial charge in [0.25, 0.3) is 0 Å². The van der Waals surface area contributed by atoms with Crippen LogP contribution in [0.25, 0.3) is 0 Å². The molecule has 0 bridgehead atoms. The number of aromatic nitrogens is 3. The fraction of sp³-hybridized carbons (Fsp3) is 0.438. The van der Waals surface area contributed by atoms with Crippen molar-refractivity contribution in [2.24, 2.45) is 0 Å². The molecular weight excluding hydrogens is 319 g/mol. The molecule has 1 N–H and O–H groups in total. The number of likely N-dealkylation sites (tertiary alicyclic amines) is 1. The van der Waals surface area contributed by atoms with Crippen LogP contribution in [0.1, 0.15) is 23.5 Å². The summed E-state index contributed by atoms with van der Waals surface area (Å²) in [4.78, 5) is 13.9. The number of rotatable bonds is 4. The van der Waals surface area contributed by atoms with Gasteiger partial charge in [-0.15, -0.1) is 0 Å². The van der Waals surface area contributed by atoms with Gasteiger partial charge in [-0.25, -0.2) is 9.97 Å². The molecular formula is C16H18F3N5. The molecule has 1 atom stereocenters. The second-order valence-corrected chi connectivity index (χ2v) is 5.92. The third kappa shape index (κ3) is 4.19. The van der Waals surface area contributed by atoms with Crippen molar-refractivity contribution in [2.45, 2.75) is 32.1 Å². The van der Waals surface area contributed by atoms with E-state index in [-0.39, 0.29) is 11.9 Å². The maximum absolute atomic E-state index is 12.7. The smallest absolute Gasteiger partial charge is 0.366 e. The zero-order valence-electron chi connectivity index (χ0n) is 13.2. The average Bonchev–Trinajstić information content (AvgIpc) is 2.94. The van der Waals surface area contributed by atoms with Crippen LogP contribution >= 0.6 is 0 Å². The molecule has 0 aliphatic carbocycles. The number of alkyl halides is 3. The average molecular weight is 337 g/mol. The molecule has 2 aromatic rings. The van der Waals surface area contributed by atoms with Crippen molar-refractivity contribution >= 4 is 5.82 Å². The van der Waals surface area contributed by atoms with E-state index in [1.807, 2.05) is 25.1 Å². The molecule has 1 saturated heterocycles. The lowest BCUT2D eigenvalue weighted by molar-refractivity contribution is -0.141. The van der Waals surface area contributed by atoms with Crippen molar-refractivity contribution in [2.75, 3.05) is 18.4 Å². The van der Waals surface area contributed by atoms with Crippen LogP contribution in [0.4, 0.5) is 19.0 Å². The molecule has 5 nitrogen and oxygen atoms in total. The van der Waals surface area contributed by atoms with Gasteiger partial charge >= 0.3 is 6.18 Å². The van der Waals surface area contributed by atoms with Crippen LogP contribution in [0.2, 0.25) is 0 Å². The van der Waals surface area contributed by atoms with Gasteiger partial charge in [0.2, 0.25) is 0 Å². The van der Waals surface area contributed by atoms with E-state index in [1.54, 1.807) is 0 Å². The second-order valence-electron chi connectivity index (χ2n) is 5.92. The first kappa shape index (κ1) is 16.6. The van der Waals surface area contributed by atoms with Gasteiger partial charge in [-0.2, -0.15) is 13.2 Å². The summed E-state index contributed by atoms with van der Waals surface area (Å²) in [6.07, 6.45) is -2.68. The van der Waals surface area contributed by atoms with Crippen LogP contribution in [-0.2, 0) is 12.7 Å². The Bertz CT molecular complexity index is 704. The second kappa shape index (κ2) is 6.72. The molecule has 0 amide bonds. The number of anilines is 1. The van der Waals surface area contributed by atoms with Gasteiger partial charge in [-0.1, -0.05) is 6.07 Å². The molecule has 8 heteroatoms. The predicted octanol–water partition coefficient (Wildman–Crippen LogP) is 2.89. The normalized spacial score (nSPS) is 18.8. The molecule has 0 spiro atoms. The minimum Gasteiger partial charge on any atom is -0.366 e. The molecule has 1 aliphatic heterocycles. The highest BCUT2D eigenvalue weighted by Crippen LogP contribution is 2.28. The van der Waals surface area contributed by atoms with E-state index in [2.05, 4.69) is 25.2 Å². The summed E-state index contributed by atoms with van der Waals surface area (Å²) in [6.45, 7) is 4.29. The van der Waals surface area contributed by atoms with E-state index < -0.39 is 11.9 Å². The third-order valence-corrected chi connectivity index (χ3v) is 3.91. The zero-order valence-corrected chi connectivity index (χ0v) is 13.2. The summed E-state index contributed by atoms with van der Waals surface area (Å²) in [7, 11) is 0. The lowest BCUT2D eigenvalue weighted by Gasteiger charge is -2.17. The van der Waals surface area contributed by atoms with Crippen LogP contribution in [0, 0.1) is 6.92 Å². The monoisotopic (exact) mass is 337 g/mol. The number of nitrogens with zero attached hydrogens (tertiary/aromatic N) is 4. The van der Waals surface area contributed by atoms with Gasteiger partial charge in [0.1, 0.15) is 17.8 Å². The Balaban J connectivity index is 1.58. The van der Waals surface area contributed by atoms with Gasteiger partial charge < -0.3 is 5.32 Å². The molecule has 24 heavy (non-hydrogen) atoms. The maximum Gasteiger partial charge on any atom is 0.433 e. The van der Waals surface area contributed by atoms with E-state index in [0.29, 0.717) is 0 Å². The van der Waals surface area contributed by atoms with Crippen LogP contribution in [0.15, 0.2) is 30.6 Å². The Morgan fingerprint density at radius 1 is 1.29 bits per heavy atom. The van der Waals surface area contributed by atoms with Crippen LogP contribution in [0.5, 0.6) is 0 Å². The Morgan fingerprint density at radius 2 is 2.12 bits per heavy atom. The molecule has 0 aromatic carbocycles. The lowest BCUT2D eigenvalue weighted by atomic mass is 10.2. The minimum absolute atomic E-state index is 0.0609. The molecule has 3 heterocycles. The van der Waals surface area contributed by atoms with Gasteiger partial charge in [0.15, 0.2) is 0 Å². The number of nitrogens with one attached hydrogen (secondary N) is 1. The Kier molecular flexibility index (Phi) is 4.66. The Labute approximate surface area is 138 Å². The summed E-state index contributed by atoms with van der Waals surface area (Å²) in [5.41, 5.74) is 1.04. The van der Waals surface area contributed by atoms with Gasteiger partial charge in [-0.3, -0.25) is 9.88 Å². The minimum atomic E-state index is -4.46. The number of hydrogen-bond acceptors (Lipinski definition) is 5. The predicted molar refractivity (Wildman–Crippen MR) is 83.3 cm³/mol. The SMILES string of the molecule is Cc1cccc(CN2CCC(Nc3cc(C(F)(F)F)ncn3)C2)n1. The van der Waals surface area contributed by atoms with Gasteiger partial charge in [0.05, 0.1) is 5.69 Å². The topological polar surface area (TPSA) is 53.9 Å². The van der Waals surface area contributed by atoms with E-state index in [0.717, 1.165) is 49.8 Å². The van der Waals surface area contributed by atoms with E-state index >= 15 is 0 Å². The standard InChI is InChI=1S/C16H18F3N5/c1-11-3-2-4-12(22-11)8-24-6-5-13(9-24)23-15-7-14(16(17,18)19)20-10-21-15/h2-4,7,10,13H,5-6,8-9H2,1H3,(H,20,21,23). The third-order valence-electron chi connectivity index (χ3n) is 3.91. The molecule has 3 rings (SSSR count). The van der Waals surface area contributed by atoms with E-state index in [1.165, 1.54) is 0 Å². The molecule has 2 aromatic heterocycles. The molecule has 128 valence electrons. The fourth-order valence-electron chi connectivity index (χ4n) is 2.81. The number of halogens is 3. The maximum atomic E-state index is 12.7. The van der Waals surface area contributed by atoms with Crippen molar-refractivity contribution in [1.29, 1.82) is 0 Å². The van der Waals surface area contributed by atoms with E-state index in [9.17, 15) is 13.2 Å². The number of aryl methyl sites for hydroxylation is 1. The van der Waals surface area contributed by atoms with Crippen LogP contribution in [0.3, 0.4) is 0 Å². The highest BCUT2D eigenvalue weighted by atomic mass is 19.4. The summed E-state index contributed by atoms with van der Waals surface area (Å²) in [5, 5.41) is 3.07. The lowest BCUT2D eigenvalue weighted by Crippen LogP contribution is -2.26. The fourth-order valence-corrected chi connectivity index (χ4v) is 2.81. The van der Waals surface area contributed by atoms with E-state index in [4.69, 9.17) is 0 Å². The molecule has 1 aliphatic rings. The first-order valence-corrected chi connectivity index (χ1v) is 7.71. The summed E-state index contributed by atoms with van der Waals surface area (Å²) in [5.74, 6) is 0.206. The van der Waals surface area contributed by atoms with Gasteiger partial charge in [0, 0.05) is 37.4 Å². The van der Waals surface area contributed by atoms with Crippen LogP contribution < -0.4 is 5.32 Å². The van der Waals surface area contributed by atoms with Crippen molar-refractivity contribution < 1.29 is 13.2 Å². The Hall–Kier alpha value is -2.22. The number of pyridine rings is 1. The highest BCUT2D eigenvalue weighted by Gasteiger charge is 2.33. The molecule has 1 unspecified atom stereocenters. The molecule has 0 radical (unpaired) electrons. The van der Waals surface area contributed by atoms with Crippen molar-refractivity contribution in [3.8, 4) is 0 Å². The number of hydrogen-bond donors (Lipinski definition) is 1. The Morgan fingerprint density at radius 3 is 2.88 bits per heavy atom. The van der Waals surface area contributed by atoms with Gasteiger partial charge in [-0.05, 0) is 25.5 Å². The summed E-state index contributed by atoms with van der Waals surface area (Å²) in [6, 6.07) is 6.91. The quantitative estimate of drug-likeness (QED) is 0.930. The van der Waals surface area contributed by atoms with Crippen LogP contribution in [-0.4, -0.2) is 39.0 Å². The first-order valence-electron chi connectivity index (χ1n) is 7.71. The molecule has 0 saturated carbocycles. The highest BCUT2D eigenvalue weighted by molar-refractivity contribution is 5.37. The summed E-state index contributed by atoms with van der Waals surface area (Å²) < 4.78 is 38.1. The first-order chi connectivity index (χ1) is 11.4. The van der Waals surface area contributed by atoms with Crippen molar-refractivity contribution in [3.63, 3.8) is 0 Å². The van der Waals surface area contributed by atoms with Crippen molar-refractivity contribution in [1.82, 2.24) is 19.9 Å². The molecule has 1 fully saturated rings. The summed E-state index contributed by atoms with van der Waals surface area (Å²) >= 11 is 0. The zero-order chi connectivity index (χ0) is 17.2. The van der Waals surface area contributed by atoms with Crippen molar-refractivity contribution in [3.05, 3.63) is 47.7 Å². The largest absolute Gasteiger partial charge is 0.433 e.